The number of carboxylic acids is 1. The van der Waals surface area contributed by atoms with Crippen LogP contribution in [0, 0.1) is 0 Å². The largest absolute Gasteiger partial charge is 0.504 e. The highest BCUT2D eigenvalue weighted by Gasteiger charge is 2.05. The van der Waals surface area contributed by atoms with Crippen molar-refractivity contribution in [1.29, 1.82) is 0 Å². The van der Waals surface area contributed by atoms with E-state index in [1.54, 1.807) is 0 Å². The number of phenols is 2. The van der Waals surface area contributed by atoms with E-state index in [2.05, 4.69) is 0 Å². The van der Waals surface area contributed by atoms with E-state index in [9.17, 15) is 4.79 Å². The van der Waals surface area contributed by atoms with Gasteiger partial charge in [-0.05, 0) is 18.2 Å². The van der Waals surface area contributed by atoms with Crippen molar-refractivity contribution in [3.8, 4) is 11.5 Å². The van der Waals surface area contributed by atoms with Crippen LogP contribution in [-0.2, 0) is 0 Å². The Bertz CT molecular complexity index is 311. The van der Waals surface area contributed by atoms with Crippen LogP contribution in [0.5, 0.6) is 11.5 Å². The molecule has 0 bridgehead atoms. The number of hydrogen-bond acceptors (Lipinski definition) is 3. The molecule has 0 heterocycles. The Morgan fingerprint density at radius 2 is 2.09 bits per heavy atom. The molecule has 0 unspecified atom stereocenters. The van der Waals surface area contributed by atoms with E-state index < -0.39 is 23.5 Å². The van der Waals surface area contributed by atoms with Gasteiger partial charge in [0, 0.05) is 0 Å². The van der Waals surface area contributed by atoms with E-state index in [0.717, 1.165) is 12.1 Å². The van der Waals surface area contributed by atoms with Crippen LogP contribution >= 0.6 is 0 Å². The van der Waals surface area contributed by atoms with E-state index >= 15 is 0 Å². The zero-order chi connectivity index (χ0) is 9.30. The van der Waals surface area contributed by atoms with Crippen molar-refractivity contribution in [3.05, 3.63) is 23.7 Å². The number of rotatable bonds is 1. The Morgan fingerprint density at radius 1 is 1.45 bits per heavy atom. The second kappa shape index (κ2) is 2.49. The quantitative estimate of drug-likeness (QED) is 0.524. The third-order valence-electron chi connectivity index (χ3n) is 1.15. The van der Waals surface area contributed by atoms with Crippen LogP contribution in [0.15, 0.2) is 18.2 Å². The highest BCUT2D eigenvalue weighted by atomic mass is 16.4. The fourth-order valence-electron chi connectivity index (χ4n) is 0.601. The molecule has 3 N–H and O–H groups in total. The lowest BCUT2D eigenvalue weighted by atomic mass is 10.2. The monoisotopic (exact) mass is 155 g/mol. The van der Waals surface area contributed by atoms with Crippen LogP contribution in [0.2, 0.25) is 0 Å². The minimum absolute atomic E-state index is 0.227. The lowest BCUT2D eigenvalue weighted by Crippen LogP contribution is -1.94. The second-order valence-corrected chi connectivity index (χ2v) is 1.93. The maximum Gasteiger partial charge on any atom is 0.335 e. The summed E-state index contributed by atoms with van der Waals surface area (Å²) in [6, 6.07) is 1.43. The maximum atomic E-state index is 10.3. The van der Waals surface area contributed by atoms with Gasteiger partial charge in [-0.25, -0.2) is 4.79 Å². The van der Waals surface area contributed by atoms with E-state index in [1.807, 2.05) is 0 Å². The lowest BCUT2D eigenvalue weighted by Gasteiger charge is -1.97. The minimum Gasteiger partial charge on any atom is -0.504 e. The lowest BCUT2D eigenvalue weighted by molar-refractivity contribution is 0.0696. The van der Waals surface area contributed by atoms with Gasteiger partial charge in [-0.15, -0.1) is 0 Å². The molecule has 0 amide bonds. The van der Waals surface area contributed by atoms with Crippen molar-refractivity contribution < 1.29 is 21.5 Å². The van der Waals surface area contributed by atoms with Gasteiger partial charge in [-0.1, -0.05) is 0 Å². The molecule has 1 aromatic carbocycles. The topological polar surface area (TPSA) is 77.8 Å². The van der Waals surface area contributed by atoms with Gasteiger partial charge in [0.1, 0.15) is 0 Å². The number of aromatic hydroxyl groups is 2. The summed E-state index contributed by atoms with van der Waals surface area (Å²) in [5.41, 5.74) is -0.227. The molecule has 11 heavy (non-hydrogen) atoms. The first-order valence-electron chi connectivity index (χ1n) is 3.28. The maximum absolute atomic E-state index is 10.3. The SMILES string of the molecule is [2H]c1cc(C(=O)O)cc(O)c1O. The highest BCUT2D eigenvalue weighted by molar-refractivity contribution is 5.88. The summed E-state index contributed by atoms with van der Waals surface area (Å²) in [7, 11) is 0. The normalized spacial score (nSPS) is 10.7. The van der Waals surface area contributed by atoms with Gasteiger partial charge in [-0.2, -0.15) is 0 Å². The van der Waals surface area contributed by atoms with Crippen molar-refractivity contribution in [2.24, 2.45) is 0 Å². The predicted octanol–water partition coefficient (Wildman–Crippen LogP) is 0.796. The average Bonchev–Trinajstić information content (AvgIpc) is 1.99. The van der Waals surface area contributed by atoms with Gasteiger partial charge in [0.05, 0.1) is 6.93 Å². The van der Waals surface area contributed by atoms with E-state index in [1.165, 1.54) is 0 Å². The van der Waals surface area contributed by atoms with Gasteiger partial charge in [0.25, 0.3) is 0 Å². The van der Waals surface area contributed by atoms with E-state index in [4.69, 9.17) is 16.7 Å². The molecule has 1 rings (SSSR count). The Hall–Kier alpha value is -1.71. The summed E-state index contributed by atoms with van der Waals surface area (Å²) >= 11 is 0. The number of carbonyl (C=O) groups is 1. The van der Waals surface area contributed by atoms with E-state index in [-0.39, 0.29) is 5.56 Å². The van der Waals surface area contributed by atoms with Crippen LogP contribution < -0.4 is 0 Å². The smallest absolute Gasteiger partial charge is 0.335 e. The molecule has 0 aliphatic rings. The van der Waals surface area contributed by atoms with Crippen molar-refractivity contribution in [2.45, 2.75) is 0 Å². The third-order valence-corrected chi connectivity index (χ3v) is 1.15. The first kappa shape index (κ1) is 6.03. The van der Waals surface area contributed by atoms with Crippen LogP contribution in [0.4, 0.5) is 0 Å². The Kier molecular flexibility index (Phi) is 1.37. The van der Waals surface area contributed by atoms with Crippen LogP contribution in [0.25, 0.3) is 0 Å². The average molecular weight is 155 g/mol. The Balaban J connectivity index is 3.31. The standard InChI is InChI=1S/C7H6O4/c8-5-2-1-4(7(10)11)3-6(5)9/h1-3,8-9H,(H,10,11)/i2D. The molecule has 0 atom stereocenters. The van der Waals surface area contributed by atoms with Gasteiger partial charge < -0.3 is 15.3 Å². The molecule has 0 spiro atoms. The fraction of sp³-hybridized carbons (Fsp3) is 0. The van der Waals surface area contributed by atoms with Crippen LogP contribution in [0.1, 0.15) is 11.7 Å². The van der Waals surface area contributed by atoms with Gasteiger partial charge in [0.2, 0.25) is 0 Å². The van der Waals surface area contributed by atoms with Crippen molar-refractivity contribution >= 4 is 5.97 Å². The van der Waals surface area contributed by atoms with E-state index in [0.29, 0.717) is 0 Å². The molecule has 0 fully saturated rings. The molecule has 0 saturated heterocycles. The number of hydrogen-bond donors (Lipinski definition) is 3. The zero-order valence-corrected chi connectivity index (χ0v) is 5.40. The van der Waals surface area contributed by atoms with Gasteiger partial charge >= 0.3 is 5.97 Å². The van der Waals surface area contributed by atoms with Gasteiger partial charge in [-0.3, -0.25) is 0 Å². The number of phenolic OH excluding ortho intramolecular Hbond substituents is 2. The van der Waals surface area contributed by atoms with Crippen molar-refractivity contribution in [2.75, 3.05) is 0 Å². The molecule has 58 valence electrons. The first-order valence-corrected chi connectivity index (χ1v) is 2.78. The second-order valence-electron chi connectivity index (χ2n) is 1.93. The zero-order valence-electron chi connectivity index (χ0n) is 6.40. The molecule has 0 saturated carbocycles. The minimum atomic E-state index is -1.25. The Morgan fingerprint density at radius 3 is 2.55 bits per heavy atom. The molecule has 0 aliphatic carbocycles. The fourth-order valence-corrected chi connectivity index (χ4v) is 0.601. The van der Waals surface area contributed by atoms with Crippen LogP contribution in [-0.4, -0.2) is 21.3 Å². The molecule has 1 aromatic rings. The number of aromatic carboxylic acids is 1. The Labute approximate surface area is 63.7 Å². The summed E-state index contributed by atoms with van der Waals surface area (Å²) in [4.78, 5) is 10.3. The summed E-state index contributed by atoms with van der Waals surface area (Å²) in [6.07, 6.45) is 0. The molecule has 4 nitrogen and oxygen atoms in total. The molecule has 0 aromatic heterocycles. The highest BCUT2D eigenvalue weighted by Crippen LogP contribution is 2.24. The first-order chi connectivity index (χ1) is 5.52. The van der Waals surface area contributed by atoms with Crippen LogP contribution in [0.3, 0.4) is 0 Å². The number of carboxylic acid groups (broad SMARTS) is 1. The van der Waals surface area contributed by atoms with Gasteiger partial charge in [0.15, 0.2) is 11.5 Å². The van der Waals surface area contributed by atoms with Crippen molar-refractivity contribution in [1.82, 2.24) is 0 Å². The molecular formula is C7H6O4. The summed E-state index contributed by atoms with van der Waals surface area (Å²) in [5.74, 6) is -2.46. The summed E-state index contributed by atoms with van der Waals surface area (Å²) in [5, 5.41) is 26.2. The molecule has 0 radical (unpaired) electrons. The molecular weight excluding hydrogens is 148 g/mol. The molecule has 4 heteroatoms. The van der Waals surface area contributed by atoms with Crippen molar-refractivity contribution in [3.63, 3.8) is 0 Å². The number of benzene rings is 1. The summed E-state index contributed by atoms with van der Waals surface area (Å²) in [6.45, 7) is 0. The third kappa shape index (κ3) is 1.40. The summed E-state index contributed by atoms with van der Waals surface area (Å²) < 4.78 is 7.02. The molecule has 0 aliphatic heterocycles. The predicted molar refractivity (Wildman–Crippen MR) is 36.7 cm³/mol.